The fourth-order valence-electron chi connectivity index (χ4n) is 1.68. The summed E-state index contributed by atoms with van der Waals surface area (Å²) in [4.78, 5) is 13.6. The van der Waals surface area contributed by atoms with E-state index in [2.05, 4.69) is 0 Å². The Morgan fingerprint density at radius 2 is 2.05 bits per heavy atom. The van der Waals surface area contributed by atoms with E-state index in [1.54, 1.807) is 11.9 Å². The zero-order valence-electron chi connectivity index (χ0n) is 11.9. The molecule has 0 bridgehead atoms. The number of benzene rings is 1. The highest BCUT2D eigenvalue weighted by Crippen LogP contribution is 2.28. The Labute approximate surface area is 123 Å². The van der Waals surface area contributed by atoms with Crippen LogP contribution in [0.4, 0.5) is 0 Å². The first kappa shape index (κ1) is 16.8. The van der Waals surface area contributed by atoms with Crippen molar-refractivity contribution in [3.8, 4) is 5.75 Å². The summed E-state index contributed by atoms with van der Waals surface area (Å²) in [5.74, 6) is -0.147. The maximum Gasteiger partial charge on any atom is 0.265 e. The van der Waals surface area contributed by atoms with Crippen molar-refractivity contribution in [2.45, 2.75) is 31.2 Å². The second-order valence-corrected chi connectivity index (χ2v) is 7.01. The molecule has 0 saturated heterocycles. The molecule has 0 aromatic heterocycles. The molecule has 0 aliphatic rings. The lowest BCUT2D eigenvalue weighted by Gasteiger charge is -2.24. The van der Waals surface area contributed by atoms with Gasteiger partial charge in [-0.3, -0.25) is 4.79 Å². The lowest BCUT2D eigenvalue weighted by molar-refractivity contribution is 0.0740. The molecule has 0 radical (unpaired) electrons. The minimum atomic E-state index is -3.98. The first-order valence-electron chi connectivity index (χ1n) is 6.12. The van der Waals surface area contributed by atoms with Crippen molar-refractivity contribution in [3.05, 3.63) is 23.8 Å². The summed E-state index contributed by atoms with van der Waals surface area (Å²) in [6.07, 6.45) is 0.805. The molecule has 0 aliphatic heterocycles. The first-order chi connectivity index (χ1) is 9.22. The molecule has 20 heavy (non-hydrogen) atoms. The van der Waals surface area contributed by atoms with E-state index in [0.29, 0.717) is 0 Å². The van der Waals surface area contributed by atoms with Gasteiger partial charge in [0.15, 0.2) is 0 Å². The van der Waals surface area contributed by atoms with Crippen LogP contribution >= 0.6 is 10.7 Å². The number of methoxy groups -OCH3 is 1. The van der Waals surface area contributed by atoms with Crippen LogP contribution in [0.25, 0.3) is 0 Å². The van der Waals surface area contributed by atoms with Gasteiger partial charge in [-0.15, -0.1) is 0 Å². The van der Waals surface area contributed by atoms with Crippen molar-refractivity contribution in [1.29, 1.82) is 0 Å². The Morgan fingerprint density at radius 1 is 1.45 bits per heavy atom. The Balaban J connectivity index is 3.25. The highest BCUT2D eigenvalue weighted by Gasteiger charge is 2.22. The van der Waals surface area contributed by atoms with Crippen LogP contribution in [-0.2, 0) is 9.05 Å². The van der Waals surface area contributed by atoms with Crippen LogP contribution in [0.2, 0.25) is 0 Å². The average molecular weight is 320 g/mol. The van der Waals surface area contributed by atoms with Crippen LogP contribution < -0.4 is 4.74 Å². The van der Waals surface area contributed by atoms with Crippen LogP contribution in [0.5, 0.6) is 5.75 Å². The van der Waals surface area contributed by atoms with Crippen molar-refractivity contribution < 1.29 is 17.9 Å². The molecule has 1 unspecified atom stereocenters. The Bertz CT molecular complexity index is 600. The van der Waals surface area contributed by atoms with Crippen molar-refractivity contribution in [1.82, 2.24) is 4.90 Å². The monoisotopic (exact) mass is 319 g/mol. The minimum Gasteiger partial charge on any atom is -0.495 e. The molecule has 0 fully saturated rings. The van der Waals surface area contributed by atoms with E-state index < -0.39 is 9.05 Å². The fourth-order valence-corrected chi connectivity index (χ4v) is 2.70. The smallest absolute Gasteiger partial charge is 0.265 e. The van der Waals surface area contributed by atoms with Crippen LogP contribution in [0.15, 0.2) is 23.1 Å². The molecule has 1 rings (SSSR count). The largest absolute Gasteiger partial charge is 0.495 e. The van der Waals surface area contributed by atoms with E-state index in [1.165, 1.54) is 25.3 Å². The molecule has 0 saturated carbocycles. The zero-order valence-corrected chi connectivity index (χ0v) is 13.5. The number of carbonyl (C=O) groups excluding carboxylic acids is 1. The number of rotatable bonds is 5. The van der Waals surface area contributed by atoms with E-state index in [-0.39, 0.29) is 28.2 Å². The predicted octanol–water partition coefficient (Wildman–Crippen LogP) is 2.49. The summed E-state index contributed by atoms with van der Waals surface area (Å²) in [6, 6.07) is 4.24. The standard InChI is InChI=1S/C13H18ClNO4S/c1-5-9(2)15(3)13(16)10-6-7-11(19-4)12(8-10)20(14,17)18/h6-9H,5H2,1-4H3. The van der Waals surface area contributed by atoms with Gasteiger partial charge in [-0.05, 0) is 31.5 Å². The number of nitrogens with zero attached hydrogens (tertiary/aromatic N) is 1. The lowest BCUT2D eigenvalue weighted by atomic mass is 10.1. The number of amides is 1. The third-order valence-corrected chi connectivity index (χ3v) is 4.59. The highest BCUT2D eigenvalue weighted by molar-refractivity contribution is 8.13. The molecule has 1 atom stereocenters. The maximum absolute atomic E-state index is 12.3. The lowest BCUT2D eigenvalue weighted by Crippen LogP contribution is -2.34. The quantitative estimate of drug-likeness (QED) is 0.782. The van der Waals surface area contributed by atoms with E-state index in [9.17, 15) is 13.2 Å². The van der Waals surface area contributed by atoms with Gasteiger partial charge in [0.05, 0.1) is 7.11 Å². The van der Waals surface area contributed by atoms with Crippen molar-refractivity contribution in [2.24, 2.45) is 0 Å². The van der Waals surface area contributed by atoms with E-state index in [1.807, 2.05) is 13.8 Å². The minimum absolute atomic E-state index is 0.0562. The third kappa shape index (κ3) is 3.64. The predicted molar refractivity (Wildman–Crippen MR) is 77.9 cm³/mol. The number of hydrogen-bond donors (Lipinski definition) is 0. The second-order valence-electron chi connectivity index (χ2n) is 4.48. The summed E-state index contributed by atoms with van der Waals surface area (Å²) in [5, 5.41) is 0. The molecule has 0 aliphatic carbocycles. The van der Waals surface area contributed by atoms with Crippen molar-refractivity contribution in [2.75, 3.05) is 14.2 Å². The summed E-state index contributed by atoms with van der Waals surface area (Å²) < 4.78 is 28.0. The summed E-state index contributed by atoms with van der Waals surface area (Å²) in [5.41, 5.74) is 0.257. The number of carbonyl (C=O) groups is 1. The maximum atomic E-state index is 12.3. The number of hydrogen-bond acceptors (Lipinski definition) is 4. The molecule has 1 amide bonds. The third-order valence-electron chi connectivity index (χ3n) is 3.25. The average Bonchev–Trinajstić information content (AvgIpc) is 2.43. The Kier molecular flexibility index (Phi) is 5.42. The van der Waals surface area contributed by atoms with Gasteiger partial charge in [0.1, 0.15) is 10.6 Å². The molecule has 0 N–H and O–H groups in total. The van der Waals surface area contributed by atoms with E-state index in [4.69, 9.17) is 15.4 Å². The molecule has 7 heteroatoms. The summed E-state index contributed by atoms with van der Waals surface area (Å²) in [6.45, 7) is 3.89. The SMILES string of the molecule is CCC(C)N(C)C(=O)c1ccc(OC)c(S(=O)(=O)Cl)c1. The van der Waals surface area contributed by atoms with Gasteiger partial charge in [0, 0.05) is 29.3 Å². The second kappa shape index (κ2) is 6.45. The van der Waals surface area contributed by atoms with Gasteiger partial charge in [0.25, 0.3) is 15.0 Å². The molecule has 0 heterocycles. The molecule has 5 nitrogen and oxygen atoms in total. The topological polar surface area (TPSA) is 63.7 Å². The van der Waals surface area contributed by atoms with E-state index in [0.717, 1.165) is 6.42 Å². The van der Waals surface area contributed by atoms with Crippen molar-refractivity contribution >= 4 is 25.6 Å². The molecule has 1 aromatic rings. The van der Waals surface area contributed by atoms with E-state index >= 15 is 0 Å². The van der Waals surface area contributed by atoms with Gasteiger partial charge >= 0.3 is 0 Å². The van der Waals surface area contributed by atoms with Crippen molar-refractivity contribution in [3.63, 3.8) is 0 Å². The zero-order chi connectivity index (χ0) is 15.5. The Morgan fingerprint density at radius 3 is 2.50 bits per heavy atom. The van der Waals surface area contributed by atoms with Crippen LogP contribution in [0, 0.1) is 0 Å². The fraction of sp³-hybridized carbons (Fsp3) is 0.462. The molecule has 1 aromatic carbocycles. The molecule has 0 spiro atoms. The number of ether oxygens (including phenoxy) is 1. The summed E-state index contributed by atoms with van der Waals surface area (Å²) in [7, 11) is 4.40. The normalized spacial score (nSPS) is 12.8. The summed E-state index contributed by atoms with van der Waals surface area (Å²) >= 11 is 0. The highest BCUT2D eigenvalue weighted by atomic mass is 35.7. The van der Waals surface area contributed by atoms with Crippen LogP contribution in [0.3, 0.4) is 0 Å². The molecular formula is C13H18ClNO4S. The molecule has 112 valence electrons. The van der Waals surface area contributed by atoms with Gasteiger partial charge in [-0.1, -0.05) is 6.92 Å². The van der Waals surface area contributed by atoms with Gasteiger partial charge in [-0.2, -0.15) is 0 Å². The first-order valence-corrected chi connectivity index (χ1v) is 8.43. The van der Waals surface area contributed by atoms with Gasteiger partial charge < -0.3 is 9.64 Å². The number of halogens is 1. The van der Waals surface area contributed by atoms with Gasteiger partial charge in [-0.25, -0.2) is 8.42 Å². The Hall–Kier alpha value is -1.27. The van der Waals surface area contributed by atoms with Crippen LogP contribution in [0.1, 0.15) is 30.6 Å². The van der Waals surface area contributed by atoms with Gasteiger partial charge in [0.2, 0.25) is 0 Å². The van der Waals surface area contributed by atoms with Crippen LogP contribution in [-0.4, -0.2) is 39.4 Å². The molecular weight excluding hydrogens is 302 g/mol.